The van der Waals surface area contributed by atoms with Gasteiger partial charge in [0.2, 0.25) is 0 Å². The van der Waals surface area contributed by atoms with E-state index in [9.17, 15) is 4.79 Å². The highest BCUT2D eigenvalue weighted by atomic mass is 16.6. The maximum atomic E-state index is 10.8. The van der Waals surface area contributed by atoms with Crippen molar-refractivity contribution in [2.75, 3.05) is 140 Å². The highest BCUT2D eigenvalue weighted by Crippen LogP contribution is 1.86. The van der Waals surface area contributed by atoms with Crippen LogP contribution in [0.3, 0.4) is 0 Å². The van der Waals surface area contributed by atoms with E-state index in [2.05, 4.69) is 4.74 Å². The number of carbonyl (C=O) groups is 1. The summed E-state index contributed by atoms with van der Waals surface area (Å²) in [6, 6.07) is 0. The largest absolute Gasteiger partial charge is 0.467 e. The van der Waals surface area contributed by atoms with Gasteiger partial charge in [0.05, 0.1) is 126 Å². The third kappa shape index (κ3) is 29.1. The number of esters is 1. The van der Waals surface area contributed by atoms with Gasteiger partial charge < -0.3 is 52.1 Å². The van der Waals surface area contributed by atoms with Crippen LogP contribution in [0.4, 0.5) is 0 Å². The zero-order valence-corrected chi connectivity index (χ0v) is 20.8. The van der Waals surface area contributed by atoms with E-state index in [0.717, 1.165) is 0 Å². The summed E-state index contributed by atoms with van der Waals surface area (Å²) in [5.41, 5.74) is 0. The molecule has 0 atom stereocenters. The van der Waals surface area contributed by atoms with Crippen LogP contribution in [0.2, 0.25) is 0 Å². The molecule has 0 fully saturated rings. The molecule has 0 N–H and O–H groups in total. The molecule has 0 aliphatic carbocycles. The standard InChI is InChI=1S/C22H44O12/c1-24-3-4-26-5-6-27-7-8-28-9-10-29-11-12-30-13-14-31-15-16-32-17-18-33-19-20-34-21-22(23)25-2/h3-21H2,1-2H3. The van der Waals surface area contributed by atoms with Gasteiger partial charge in [-0.2, -0.15) is 0 Å². The fraction of sp³-hybridized carbons (Fsp3) is 0.955. The van der Waals surface area contributed by atoms with Crippen molar-refractivity contribution in [3.05, 3.63) is 0 Å². The Kier molecular flexibility index (Phi) is 29.3. The van der Waals surface area contributed by atoms with Gasteiger partial charge in [0.1, 0.15) is 6.61 Å². The molecular weight excluding hydrogens is 456 g/mol. The molecule has 12 nitrogen and oxygen atoms in total. The zero-order chi connectivity index (χ0) is 24.8. The summed E-state index contributed by atoms with van der Waals surface area (Å²) in [5, 5.41) is 0. The molecule has 34 heavy (non-hydrogen) atoms. The quantitative estimate of drug-likeness (QED) is 0.101. The van der Waals surface area contributed by atoms with E-state index in [1.807, 2.05) is 0 Å². The van der Waals surface area contributed by atoms with Crippen LogP contribution in [0, 0.1) is 0 Å². The first kappa shape index (κ1) is 33.1. The van der Waals surface area contributed by atoms with Crippen molar-refractivity contribution in [1.29, 1.82) is 0 Å². The molecule has 0 spiro atoms. The predicted octanol–water partition coefficient (Wildman–Crippen LogP) is -0.0448. The number of hydrogen-bond donors (Lipinski definition) is 0. The lowest BCUT2D eigenvalue weighted by atomic mass is 10.6. The summed E-state index contributed by atoms with van der Waals surface area (Å²) in [5.74, 6) is -0.405. The lowest BCUT2D eigenvalue weighted by molar-refractivity contribution is -0.146. The van der Waals surface area contributed by atoms with Crippen LogP contribution in [0.5, 0.6) is 0 Å². The molecule has 0 aromatic carbocycles. The van der Waals surface area contributed by atoms with Crippen LogP contribution in [0.15, 0.2) is 0 Å². The number of rotatable bonds is 29. The van der Waals surface area contributed by atoms with E-state index >= 15 is 0 Å². The fourth-order valence-corrected chi connectivity index (χ4v) is 2.12. The Bertz CT molecular complexity index is 400. The molecular formula is C22H44O12. The van der Waals surface area contributed by atoms with Gasteiger partial charge in [-0.25, -0.2) is 4.79 Å². The van der Waals surface area contributed by atoms with Gasteiger partial charge in [-0.3, -0.25) is 0 Å². The first-order valence-corrected chi connectivity index (χ1v) is 11.6. The molecule has 0 saturated heterocycles. The molecule has 0 amide bonds. The summed E-state index contributed by atoms with van der Waals surface area (Å²) >= 11 is 0. The van der Waals surface area contributed by atoms with Crippen molar-refractivity contribution in [2.24, 2.45) is 0 Å². The second-order valence-electron chi connectivity index (χ2n) is 6.52. The van der Waals surface area contributed by atoms with Gasteiger partial charge in [0.15, 0.2) is 0 Å². The second kappa shape index (κ2) is 30.1. The first-order chi connectivity index (χ1) is 16.8. The normalized spacial score (nSPS) is 11.2. The van der Waals surface area contributed by atoms with E-state index in [4.69, 9.17) is 47.4 Å². The summed E-state index contributed by atoms with van der Waals surface area (Å²) in [7, 11) is 2.96. The Hall–Kier alpha value is -0.930. The molecule has 0 aliphatic rings. The van der Waals surface area contributed by atoms with E-state index in [1.165, 1.54) is 7.11 Å². The van der Waals surface area contributed by atoms with Gasteiger partial charge in [-0.05, 0) is 0 Å². The van der Waals surface area contributed by atoms with Crippen LogP contribution < -0.4 is 0 Å². The minimum Gasteiger partial charge on any atom is -0.467 e. The SMILES string of the molecule is COCCOCCOCCOCCOCCOCCOCCOCCOCCOCC(=O)OC. The maximum Gasteiger partial charge on any atom is 0.331 e. The summed E-state index contributed by atoms with van der Waals surface area (Å²) in [6.45, 7) is 8.94. The van der Waals surface area contributed by atoms with Crippen molar-refractivity contribution >= 4 is 5.97 Å². The van der Waals surface area contributed by atoms with Gasteiger partial charge in [0, 0.05) is 7.11 Å². The molecule has 0 aliphatic heterocycles. The van der Waals surface area contributed by atoms with Crippen molar-refractivity contribution in [3.8, 4) is 0 Å². The van der Waals surface area contributed by atoms with E-state index in [-0.39, 0.29) is 6.61 Å². The lowest BCUT2D eigenvalue weighted by Gasteiger charge is -2.08. The van der Waals surface area contributed by atoms with Gasteiger partial charge >= 0.3 is 5.97 Å². The molecule has 0 rings (SSSR count). The highest BCUT2D eigenvalue weighted by Gasteiger charge is 1.99. The molecule has 0 saturated carbocycles. The predicted molar refractivity (Wildman–Crippen MR) is 121 cm³/mol. The lowest BCUT2D eigenvalue weighted by Crippen LogP contribution is -2.16. The van der Waals surface area contributed by atoms with Crippen molar-refractivity contribution < 1.29 is 56.9 Å². The topological polar surface area (TPSA) is 119 Å². The Labute approximate surface area is 203 Å². The number of methoxy groups -OCH3 is 2. The fourth-order valence-electron chi connectivity index (χ4n) is 2.12. The third-order valence-corrected chi connectivity index (χ3v) is 3.86. The average Bonchev–Trinajstić information content (AvgIpc) is 2.85. The van der Waals surface area contributed by atoms with E-state index in [1.54, 1.807) is 7.11 Å². The number of carbonyl (C=O) groups excluding carboxylic acids is 1. The molecule has 0 heterocycles. The maximum absolute atomic E-state index is 10.8. The van der Waals surface area contributed by atoms with Crippen LogP contribution in [0.1, 0.15) is 0 Å². The first-order valence-electron chi connectivity index (χ1n) is 11.6. The van der Waals surface area contributed by atoms with Gasteiger partial charge in [-0.15, -0.1) is 0 Å². The van der Waals surface area contributed by atoms with Crippen LogP contribution >= 0.6 is 0 Å². The van der Waals surface area contributed by atoms with Crippen LogP contribution in [-0.4, -0.2) is 146 Å². The molecule has 0 aromatic heterocycles. The molecule has 0 unspecified atom stereocenters. The Balaban J connectivity index is 3.02. The van der Waals surface area contributed by atoms with Gasteiger partial charge in [0.25, 0.3) is 0 Å². The van der Waals surface area contributed by atoms with Gasteiger partial charge in [-0.1, -0.05) is 0 Å². The van der Waals surface area contributed by atoms with Crippen molar-refractivity contribution in [2.45, 2.75) is 0 Å². The monoisotopic (exact) mass is 500 g/mol. The third-order valence-electron chi connectivity index (χ3n) is 3.86. The number of hydrogen-bond acceptors (Lipinski definition) is 12. The van der Waals surface area contributed by atoms with Crippen LogP contribution in [0.25, 0.3) is 0 Å². The Morgan fingerprint density at radius 1 is 0.382 bits per heavy atom. The van der Waals surface area contributed by atoms with Crippen molar-refractivity contribution in [1.82, 2.24) is 0 Å². The smallest absolute Gasteiger partial charge is 0.331 e. The zero-order valence-electron chi connectivity index (χ0n) is 20.8. The minimum absolute atomic E-state index is 0.0658. The van der Waals surface area contributed by atoms with E-state index in [0.29, 0.717) is 119 Å². The molecule has 12 heteroatoms. The Morgan fingerprint density at radius 2 is 0.618 bits per heavy atom. The summed E-state index contributed by atoms with van der Waals surface area (Å²) in [4.78, 5) is 10.8. The molecule has 0 aromatic rings. The van der Waals surface area contributed by atoms with E-state index < -0.39 is 5.97 Å². The minimum atomic E-state index is -0.405. The summed E-state index contributed by atoms with van der Waals surface area (Å²) in [6.07, 6.45) is 0. The second-order valence-corrected chi connectivity index (χ2v) is 6.52. The highest BCUT2D eigenvalue weighted by molar-refractivity contribution is 5.70. The van der Waals surface area contributed by atoms with Crippen LogP contribution in [-0.2, 0) is 56.9 Å². The molecule has 204 valence electrons. The van der Waals surface area contributed by atoms with Crippen molar-refractivity contribution in [3.63, 3.8) is 0 Å². The summed E-state index contributed by atoms with van der Waals surface area (Å²) < 4.78 is 57.4. The number of ether oxygens (including phenoxy) is 11. The molecule has 0 bridgehead atoms. The average molecular weight is 501 g/mol. The Morgan fingerprint density at radius 3 is 0.853 bits per heavy atom. The molecule has 0 radical (unpaired) electrons.